The molecule has 0 saturated heterocycles. The molecule has 4 aromatic rings. The zero-order valence-corrected chi connectivity index (χ0v) is 15.8. The van der Waals surface area contributed by atoms with E-state index in [2.05, 4.69) is 20.6 Å². The van der Waals surface area contributed by atoms with Gasteiger partial charge in [0.1, 0.15) is 5.82 Å². The van der Waals surface area contributed by atoms with Crippen molar-refractivity contribution in [1.29, 1.82) is 0 Å². The number of aromatic amines is 1. The van der Waals surface area contributed by atoms with Crippen molar-refractivity contribution >= 4 is 39.9 Å². The maximum absolute atomic E-state index is 12.4. The third kappa shape index (κ3) is 4.15. The second-order valence-electron chi connectivity index (χ2n) is 6.46. The topological polar surface area (TPSA) is 69.8 Å². The third-order valence-electron chi connectivity index (χ3n) is 4.49. The van der Waals surface area contributed by atoms with Gasteiger partial charge >= 0.3 is 0 Å². The zero-order valence-electron chi connectivity index (χ0n) is 15.1. The molecular weight excluding hydrogens is 372 g/mol. The highest BCUT2D eigenvalue weighted by Gasteiger charge is 2.09. The van der Waals surface area contributed by atoms with Crippen LogP contribution in [0.15, 0.2) is 73.1 Å². The fourth-order valence-corrected chi connectivity index (χ4v) is 3.26. The fourth-order valence-electron chi connectivity index (χ4n) is 3.06. The van der Waals surface area contributed by atoms with Gasteiger partial charge < -0.3 is 15.6 Å². The van der Waals surface area contributed by atoms with Crippen molar-refractivity contribution < 1.29 is 4.79 Å². The molecule has 0 atom stereocenters. The van der Waals surface area contributed by atoms with Gasteiger partial charge in [-0.2, -0.15) is 0 Å². The van der Waals surface area contributed by atoms with Crippen molar-refractivity contribution in [2.45, 2.75) is 13.0 Å². The van der Waals surface area contributed by atoms with Crippen LogP contribution in [0.2, 0.25) is 5.02 Å². The van der Waals surface area contributed by atoms with Crippen LogP contribution in [-0.4, -0.2) is 15.9 Å². The van der Waals surface area contributed by atoms with E-state index in [0.29, 0.717) is 18.7 Å². The molecule has 0 unspecified atom stereocenters. The Morgan fingerprint density at radius 1 is 1.00 bits per heavy atom. The molecule has 1 amide bonds. The van der Waals surface area contributed by atoms with Gasteiger partial charge in [-0.1, -0.05) is 48.0 Å². The van der Waals surface area contributed by atoms with Crippen LogP contribution < -0.4 is 10.6 Å². The molecule has 0 spiro atoms. The van der Waals surface area contributed by atoms with Gasteiger partial charge in [-0.25, -0.2) is 4.98 Å². The lowest BCUT2D eigenvalue weighted by Gasteiger charge is -2.09. The van der Waals surface area contributed by atoms with Crippen molar-refractivity contribution in [3.05, 3.63) is 89.2 Å². The first-order chi connectivity index (χ1) is 13.7. The van der Waals surface area contributed by atoms with Gasteiger partial charge in [0, 0.05) is 28.7 Å². The molecule has 0 aliphatic carbocycles. The van der Waals surface area contributed by atoms with Crippen molar-refractivity contribution in [1.82, 2.24) is 9.97 Å². The van der Waals surface area contributed by atoms with Gasteiger partial charge in [-0.15, -0.1) is 0 Å². The number of benzene rings is 2. The maximum atomic E-state index is 12.4. The number of carbonyl (C=O) groups is 1. The molecule has 2 aromatic carbocycles. The van der Waals surface area contributed by atoms with Crippen LogP contribution in [0.3, 0.4) is 0 Å². The van der Waals surface area contributed by atoms with Crippen LogP contribution in [0.25, 0.3) is 10.9 Å². The Kier molecular flexibility index (Phi) is 5.26. The monoisotopic (exact) mass is 390 g/mol. The lowest BCUT2D eigenvalue weighted by Crippen LogP contribution is -2.14. The van der Waals surface area contributed by atoms with Gasteiger partial charge in [0.15, 0.2) is 0 Å². The summed E-state index contributed by atoms with van der Waals surface area (Å²) in [6.45, 7) is 0.582. The molecule has 3 N–H and O–H groups in total. The number of anilines is 2. The average molecular weight is 391 g/mol. The molecule has 0 aliphatic rings. The first-order valence-corrected chi connectivity index (χ1v) is 9.35. The number of amides is 1. The minimum absolute atomic E-state index is 0.0803. The molecule has 0 radical (unpaired) electrons. The Labute approximate surface area is 167 Å². The third-order valence-corrected chi connectivity index (χ3v) is 4.86. The number of pyridine rings is 1. The molecule has 0 bridgehead atoms. The Morgan fingerprint density at radius 3 is 2.64 bits per heavy atom. The van der Waals surface area contributed by atoms with Gasteiger partial charge in [-0.3, -0.25) is 4.79 Å². The number of carbonyl (C=O) groups excluding carboxylic acids is 1. The highest BCUT2D eigenvalue weighted by Crippen LogP contribution is 2.19. The molecule has 0 saturated carbocycles. The highest BCUT2D eigenvalue weighted by molar-refractivity contribution is 6.31. The largest absolute Gasteiger partial charge is 0.366 e. The molecule has 5 nitrogen and oxygen atoms in total. The normalized spacial score (nSPS) is 10.8. The highest BCUT2D eigenvalue weighted by atomic mass is 35.5. The lowest BCUT2D eigenvalue weighted by molar-refractivity contribution is -0.115. The average Bonchev–Trinajstić information content (AvgIpc) is 3.11. The van der Waals surface area contributed by atoms with Crippen molar-refractivity contribution in [2.24, 2.45) is 0 Å². The molecule has 2 aromatic heterocycles. The van der Waals surface area contributed by atoms with Crippen LogP contribution >= 0.6 is 11.6 Å². The van der Waals surface area contributed by atoms with E-state index in [1.54, 1.807) is 6.20 Å². The van der Waals surface area contributed by atoms with Crippen LogP contribution in [-0.2, 0) is 17.8 Å². The van der Waals surface area contributed by atoms with E-state index < -0.39 is 0 Å². The summed E-state index contributed by atoms with van der Waals surface area (Å²) < 4.78 is 0. The van der Waals surface area contributed by atoms with E-state index in [1.165, 1.54) is 0 Å². The summed E-state index contributed by atoms with van der Waals surface area (Å²) in [4.78, 5) is 19.9. The number of nitrogens with one attached hydrogen (secondary N) is 3. The van der Waals surface area contributed by atoms with Crippen LogP contribution in [0.4, 0.5) is 11.5 Å². The minimum Gasteiger partial charge on any atom is -0.366 e. The Balaban J connectivity index is 1.35. The molecular formula is C22H19ClN4O. The van der Waals surface area contributed by atoms with E-state index in [1.807, 2.05) is 66.9 Å². The Hall–Kier alpha value is -3.31. The maximum Gasteiger partial charge on any atom is 0.228 e. The van der Waals surface area contributed by atoms with E-state index in [4.69, 9.17) is 11.6 Å². The molecule has 0 aliphatic heterocycles. The van der Waals surface area contributed by atoms with E-state index >= 15 is 0 Å². The van der Waals surface area contributed by atoms with Crippen molar-refractivity contribution in [3.63, 3.8) is 0 Å². The van der Waals surface area contributed by atoms with Crippen LogP contribution in [0.5, 0.6) is 0 Å². The molecule has 6 heteroatoms. The van der Waals surface area contributed by atoms with Crippen LogP contribution in [0.1, 0.15) is 11.1 Å². The first-order valence-electron chi connectivity index (χ1n) is 8.97. The lowest BCUT2D eigenvalue weighted by atomic mass is 10.1. The molecule has 4 rings (SSSR count). The molecule has 2 heterocycles. The second kappa shape index (κ2) is 8.15. The molecule has 28 heavy (non-hydrogen) atoms. The first kappa shape index (κ1) is 18.1. The van der Waals surface area contributed by atoms with Crippen molar-refractivity contribution in [3.8, 4) is 0 Å². The Morgan fingerprint density at radius 2 is 1.82 bits per heavy atom. The minimum atomic E-state index is -0.0803. The number of fused-ring (bicyclic) bond motifs is 1. The number of para-hydroxylation sites is 1. The number of halogens is 1. The van der Waals surface area contributed by atoms with Gasteiger partial charge in [0.2, 0.25) is 5.91 Å². The number of hydrogen-bond acceptors (Lipinski definition) is 3. The second-order valence-corrected chi connectivity index (χ2v) is 6.87. The predicted molar refractivity (Wildman–Crippen MR) is 114 cm³/mol. The summed E-state index contributed by atoms with van der Waals surface area (Å²) in [5.74, 6) is 0.637. The summed E-state index contributed by atoms with van der Waals surface area (Å²) in [6, 6.07) is 19.3. The molecule has 0 fully saturated rings. The van der Waals surface area contributed by atoms with E-state index in [-0.39, 0.29) is 5.91 Å². The number of nitrogens with zero attached hydrogens (tertiary/aromatic N) is 1. The zero-order chi connectivity index (χ0) is 19.3. The number of aromatic nitrogens is 2. The summed E-state index contributed by atoms with van der Waals surface area (Å²) in [5, 5.41) is 7.90. The molecule has 140 valence electrons. The summed E-state index contributed by atoms with van der Waals surface area (Å²) in [7, 11) is 0. The quantitative estimate of drug-likeness (QED) is 0.433. The fraction of sp³-hybridized carbons (Fsp3) is 0.0909. The summed E-state index contributed by atoms with van der Waals surface area (Å²) in [5.41, 5.74) is 3.66. The number of H-pyrrole nitrogens is 1. The van der Waals surface area contributed by atoms with E-state index in [0.717, 1.165) is 32.9 Å². The summed E-state index contributed by atoms with van der Waals surface area (Å²) in [6.07, 6.45) is 3.82. The van der Waals surface area contributed by atoms with Crippen LogP contribution in [0, 0.1) is 0 Å². The SMILES string of the molecule is O=C(Cc1c[nH]c2ccccc12)Nc1ccc(NCc2ccccc2Cl)nc1. The summed E-state index contributed by atoms with van der Waals surface area (Å²) >= 11 is 6.16. The van der Waals surface area contributed by atoms with Gasteiger partial charge in [-0.05, 0) is 35.4 Å². The number of rotatable bonds is 6. The predicted octanol–water partition coefficient (Wildman–Crippen LogP) is 5.01. The Bertz CT molecular complexity index is 1100. The van der Waals surface area contributed by atoms with E-state index in [9.17, 15) is 4.79 Å². The number of hydrogen-bond donors (Lipinski definition) is 3. The smallest absolute Gasteiger partial charge is 0.228 e. The van der Waals surface area contributed by atoms with Crippen molar-refractivity contribution in [2.75, 3.05) is 10.6 Å². The van der Waals surface area contributed by atoms with Gasteiger partial charge in [0.05, 0.1) is 18.3 Å². The van der Waals surface area contributed by atoms with Gasteiger partial charge in [0.25, 0.3) is 0 Å². The standard InChI is InChI=1S/C22H19ClN4O/c23-19-7-3-1-5-15(19)12-25-21-10-9-17(14-26-21)27-22(28)11-16-13-24-20-8-4-2-6-18(16)20/h1-10,13-14,24H,11-12H2,(H,25,26)(H,27,28).